The second kappa shape index (κ2) is 3.10. The van der Waals surface area contributed by atoms with Crippen LogP contribution in [0, 0.1) is 0 Å². The molecule has 2 aliphatic heterocycles. The fourth-order valence-electron chi connectivity index (χ4n) is 2.49. The number of likely N-dealkylation sites (N-methyl/N-ethyl adjacent to an activating group) is 1. The quantitative estimate of drug-likeness (QED) is 0.735. The molecular formula is C9H13N5O2. The van der Waals surface area contributed by atoms with Gasteiger partial charge in [-0.1, -0.05) is 5.16 Å². The number of piperidine rings is 1. The molecule has 16 heavy (non-hydrogen) atoms. The summed E-state index contributed by atoms with van der Waals surface area (Å²) in [7, 11) is 1.83. The molecule has 0 saturated carbocycles. The van der Waals surface area contributed by atoms with Gasteiger partial charge in [0.15, 0.2) is 5.82 Å². The zero-order valence-electron chi connectivity index (χ0n) is 8.96. The van der Waals surface area contributed by atoms with Crippen LogP contribution < -0.4 is 5.73 Å². The molecule has 2 amide bonds. The van der Waals surface area contributed by atoms with Crippen LogP contribution in [-0.4, -0.2) is 45.6 Å². The molecule has 7 nitrogen and oxygen atoms in total. The van der Waals surface area contributed by atoms with E-state index >= 15 is 0 Å². The van der Waals surface area contributed by atoms with Crippen LogP contribution in [0.15, 0.2) is 4.52 Å². The Morgan fingerprint density at radius 2 is 2.31 bits per heavy atom. The predicted molar refractivity (Wildman–Crippen MR) is 54.3 cm³/mol. The number of nitrogens with zero attached hydrogens (tertiary/aromatic N) is 4. The number of nitrogens with two attached hydrogens (primary N) is 1. The van der Waals surface area contributed by atoms with Crippen molar-refractivity contribution in [2.75, 3.05) is 19.3 Å². The van der Waals surface area contributed by atoms with E-state index in [-0.39, 0.29) is 18.1 Å². The molecule has 2 fully saturated rings. The molecular weight excluding hydrogens is 210 g/mol. The van der Waals surface area contributed by atoms with E-state index in [1.165, 1.54) is 0 Å². The molecule has 7 heteroatoms. The monoisotopic (exact) mass is 223 g/mol. The summed E-state index contributed by atoms with van der Waals surface area (Å²) in [5, 5.41) is 3.79. The van der Waals surface area contributed by atoms with Gasteiger partial charge in [-0.2, -0.15) is 4.98 Å². The average Bonchev–Trinajstić information content (AvgIpc) is 2.80. The molecule has 0 aliphatic carbocycles. The Kier molecular flexibility index (Phi) is 1.83. The lowest BCUT2D eigenvalue weighted by molar-refractivity contribution is 0.176. The zero-order chi connectivity index (χ0) is 11.3. The summed E-state index contributed by atoms with van der Waals surface area (Å²) < 4.78 is 4.75. The van der Waals surface area contributed by atoms with Gasteiger partial charge in [0.1, 0.15) is 0 Å². The summed E-state index contributed by atoms with van der Waals surface area (Å²) in [6.45, 7) is 0.744. The third kappa shape index (κ3) is 1.17. The van der Waals surface area contributed by atoms with Crippen LogP contribution in [-0.2, 0) is 0 Å². The van der Waals surface area contributed by atoms with Crippen molar-refractivity contribution in [2.24, 2.45) is 0 Å². The molecule has 2 saturated heterocycles. The van der Waals surface area contributed by atoms with Gasteiger partial charge in [0.05, 0.1) is 12.1 Å². The van der Waals surface area contributed by atoms with Crippen LogP contribution in [0.4, 0.5) is 10.8 Å². The first-order chi connectivity index (χ1) is 7.66. The van der Waals surface area contributed by atoms with Crippen LogP contribution >= 0.6 is 0 Å². The number of aromatic nitrogens is 2. The number of nitrogen functional groups attached to an aromatic ring is 1. The van der Waals surface area contributed by atoms with E-state index in [4.69, 9.17) is 10.3 Å². The Bertz CT molecular complexity index is 431. The summed E-state index contributed by atoms with van der Waals surface area (Å²) >= 11 is 0. The van der Waals surface area contributed by atoms with Gasteiger partial charge in [0, 0.05) is 13.6 Å². The molecule has 1 aromatic rings. The van der Waals surface area contributed by atoms with Crippen LogP contribution in [0.5, 0.6) is 0 Å². The first kappa shape index (κ1) is 9.44. The van der Waals surface area contributed by atoms with Crippen molar-refractivity contribution in [3.8, 4) is 0 Å². The fraction of sp³-hybridized carbons (Fsp3) is 0.667. The largest absolute Gasteiger partial charge is 0.351 e. The highest BCUT2D eigenvalue weighted by Crippen LogP contribution is 2.36. The Morgan fingerprint density at radius 3 is 3.00 bits per heavy atom. The number of hydrogen-bond acceptors (Lipinski definition) is 5. The first-order valence-corrected chi connectivity index (χ1v) is 5.29. The topological polar surface area (TPSA) is 88.5 Å². The normalized spacial score (nSPS) is 28.9. The molecule has 0 spiro atoms. The Balaban J connectivity index is 1.90. The van der Waals surface area contributed by atoms with Crippen molar-refractivity contribution in [3.63, 3.8) is 0 Å². The summed E-state index contributed by atoms with van der Waals surface area (Å²) in [4.78, 5) is 19.5. The number of fused-ring (bicyclic) bond motifs is 2. The third-order valence-corrected chi connectivity index (χ3v) is 3.41. The number of urea groups is 1. The number of carbonyl (C=O) groups is 1. The van der Waals surface area contributed by atoms with Crippen molar-refractivity contribution in [3.05, 3.63) is 5.82 Å². The molecule has 86 valence electrons. The number of hydrogen-bond donors (Lipinski definition) is 1. The van der Waals surface area contributed by atoms with Gasteiger partial charge in [0.25, 0.3) is 0 Å². The van der Waals surface area contributed by atoms with Gasteiger partial charge in [-0.15, -0.1) is 0 Å². The molecule has 0 aromatic carbocycles. The van der Waals surface area contributed by atoms with Crippen LogP contribution in [0.3, 0.4) is 0 Å². The highest BCUT2D eigenvalue weighted by molar-refractivity contribution is 5.77. The van der Waals surface area contributed by atoms with Crippen LogP contribution in [0.2, 0.25) is 0 Å². The third-order valence-electron chi connectivity index (χ3n) is 3.41. The smallest absolute Gasteiger partial charge is 0.320 e. The number of rotatable bonds is 1. The van der Waals surface area contributed by atoms with Crippen LogP contribution in [0.1, 0.15) is 24.7 Å². The molecule has 2 atom stereocenters. The van der Waals surface area contributed by atoms with E-state index in [0.29, 0.717) is 11.9 Å². The minimum atomic E-state index is -0.0882. The van der Waals surface area contributed by atoms with Gasteiger partial charge < -0.3 is 20.1 Å². The highest BCUT2D eigenvalue weighted by atomic mass is 16.5. The maximum absolute atomic E-state index is 11.9. The Hall–Kier alpha value is -1.79. The second-order valence-electron chi connectivity index (χ2n) is 4.28. The molecule has 3 rings (SSSR count). The predicted octanol–water partition coefficient (Wildman–Crippen LogP) is 0.223. The standard InChI is InChI=1S/C9H13N5O2/c1-13-5-2-3-6(14(4-5)9(13)15)7-11-8(10)16-12-7/h5-6H,2-4H2,1H3,(H2,10,11,12)/t5-,6+/m1/s1. The summed E-state index contributed by atoms with van der Waals surface area (Å²) in [5.74, 6) is 0.514. The first-order valence-electron chi connectivity index (χ1n) is 5.29. The van der Waals surface area contributed by atoms with Gasteiger partial charge in [-0.3, -0.25) is 0 Å². The lowest BCUT2D eigenvalue weighted by Crippen LogP contribution is -2.34. The molecule has 2 bridgehead atoms. The minimum absolute atomic E-state index is 0.0378. The summed E-state index contributed by atoms with van der Waals surface area (Å²) in [6, 6.07) is 0.329. The van der Waals surface area contributed by atoms with Crippen molar-refractivity contribution >= 4 is 12.0 Å². The summed E-state index contributed by atoms with van der Waals surface area (Å²) in [5.41, 5.74) is 5.39. The Labute approximate surface area is 92.2 Å². The summed E-state index contributed by atoms with van der Waals surface area (Å²) in [6.07, 6.45) is 1.83. The molecule has 0 radical (unpaired) electrons. The number of anilines is 1. The molecule has 1 aromatic heterocycles. The van der Waals surface area contributed by atoms with Crippen molar-refractivity contribution in [2.45, 2.75) is 24.9 Å². The SMILES string of the molecule is CN1C(=O)N2C[C@H]1CC[C@H]2c1noc(N)n1. The molecule has 2 N–H and O–H groups in total. The zero-order valence-corrected chi connectivity index (χ0v) is 8.96. The second-order valence-corrected chi connectivity index (χ2v) is 4.28. The molecule has 0 unspecified atom stereocenters. The van der Waals surface area contributed by atoms with E-state index in [0.717, 1.165) is 19.4 Å². The van der Waals surface area contributed by atoms with E-state index in [1.54, 1.807) is 9.80 Å². The fourth-order valence-corrected chi connectivity index (χ4v) is 2.49. The van der Waals surface area contributed by atoms with Crippen molar-refractivity contribution in [1.29, 1.82) is 0 Å². The average molecular weight is 223 g/mol. The van der Waals surface area contributed by atoms with Crippen LogP contribution in [0.25, 0.3) is 0 Å². The number of carbonyl (C=O) groups excluding carboxylic acids is 1. The van der Waals surface area contributed by atoms with Crippen molar-refractivity contribution in [1.82, 2.24) is 19.9 Å². The van der Waals surface area contributed by atoms with Crippen molar-refractivity contribution < 1.29 is 9.32 Å². The van der Waals surface area contributed by atoms with E-state index in [1.807, 2.05) is 7.05 Å². The lowest BCUT2D eigenvalue weighted by atomic mass is 10.0. The van der Waals surface area contributed by atoms with E-state index in [9.17, 15) is 4.79 Å². The molecule has 3 heterocycles. The molecule has 2 aliphatic rings. The lowest BCUT2D eigenvalue weighted by Gasteiger charge is -2.28. The van der Waals surface area contributed by atoms with Gasteiger partial charge in [-0.25, -0.2) is 4.79 Å². The van der Waals surface area contributed by atoms with Gasteiger partial charge in [0.2, 0.25) is 0 Å². The number of amides is 2. The van der Waals surface area contributed by atoms with E-state index < -0.39 is 0 Å². The Morgan fingerprint density at radius 1 is 1.50 bits per heavy atom. The van der Waals surface area contributed by atoms with Gasteiger partial charge in [-0.05, 0) is 12.8 Å². The highest BCUT2D eigenvalue weighted by Gasteiger charge is 2.44. The maximum atomic E-state index is 11.9. The maximum Gasteiger partial charge on any atom is 0.320 e. The minimum Gasteiger partial charge on any atom is -0.351 e. The van der Waals surface area contributed by atoms with E-state index in [2.05, 4.69) is 10.1 Å². The van der Waals surface area contributed by atoms with Gasteiger partial charge >= 0.3 is 12.0 Å².